The molecule has 6 nitrogen and oxygen atoms in total. The Morgan fingerprint density at radius 3 is 2.21 bits per heavy atom. The Morgan fingerprint density at radius 1 is 1.07 bits per heavy atom. The third-order valence-corrected chi connectivity index (χ3v) is 3.91. The Morgan fingerprint density at radius 2 is 1.68 bits per heavy atom. The average Bonchev–Trinajstić information content (AvgIpc) is 2.67. The largest absolute Gasteiger partial charge is 0.484 e. The quantitative estimate of drug-likeness (QED) is 0.541. The summed E-state index contributed by atoms with van der Waals surface area (Å²) in [7, 11) is 1.93. The minimum absolute atomic E-state index is 0.0559. The summed E-state index contributed by atoms with van der Waals surface area (Å²) in [6.07, 6.45) is 1.91. The van der Waals surface area contributed by atoms with Crippen molar-refractivity contribution in [3.63, 3.8) is 0 Å². The first-order valence-electron chi connectivity index (χ1n) is 8.28. The highest BCUT2D eigenvalue weighted by molar-refractivity contribution is 6.34. The van der Waals surface area contributed by atoms with Crippen molar-refractivity contribution in [2.45, 2.75) is 12.5 Å². The van der Waals surface area contributed by atoms with Gasteiger partial charge in [0, 0.05) is 29.7 Å². The normalized spacial score (nSPS) is 11.4. The van der Waals surface area contributed by atoms with Crippen LogP contribution in [0.25, 0.3) is 0 Å². The molecule has 0 saturated carbocycles. The maximum Gasteiger partial charge on any atom is 0.328 e. The Labute approximate surface area is 173 Å². The summed E-state index contributed by atoms with van der Waals surface area (Å²) >= 11 is 12.2. The standard InChI is InChI=1S/C16H17Cl2NO.C4H4O4/c1-19-10-9-15(12-5-3-2-4-6-12)20-16-11-13(17)7-8-14(16)18;5-3(6)1-2-4(7)8/h2-8,11,15,19H,9-10H2,1H3;1-2H,(H,5,6)(H,7,8). The van der Waals surface area contributed by atoms with Crippen molar-refractivity contribution in [2.24, 2.45) is 0 Å². The highest BCUT2D eigenvalue weighted by Crippen LogP contribution is 2.32. The van der Waals surface area contributed by atoms with Gasteiger partial charge in [0.1, 0.15) is 11.9 Å². The highest BCUT2D eigenvalue weighted by Gasteiger charge is 2.14. The second kappa shape index (κ2) is 12.8. The van der Waals surface area contributed by atoms with E-state index in [1.165, 1.54) is 0 Å². The minimum Gasteiger partial charge on any atom is -0.484 e. The first-order valence-corrected chi connectivity index (χ1v) is 9.04. The van der Waals surface area contributed by atoms with Gasteiger partial charge in [-0.2, -0.15) is 0 Å². The maximum atomic E-state index is 9.55. The Hall–Kier alpha value is -2.54. The first kappa shape index (κ1) is 23.5. The molecule has 0 aromatic heterocycles. The lowest BCUT2D eigenvalue weighted by Crippen LogP contribution is -2.16. The number of ether oxygens (including phenoxy) is 1. The summed E-state index contributed by atoms with van der Waals surface area (Å²) in [4.78, 5) is 19.1. The molecule has 0 aliphatic carbocycles. The predicted molar refractivity (Wildman–Crippen MR) is 109 cm³/mol. The zero-order chi connectivity index (χ0) is 20.9. The second-order valence-electron chi connectivity index (χ2n) is 5.49. The van der Waals surface area contributed by atoms with Crippen LogP contribution in [0.1, 0.15) is 18.1 Å². The van der Waals surface area contributed by atoms with Crippen LogP contribution in [0.2, 0.25) is 10.0 Å². The predicted octanol–water partition coefficient (Wildman–Crippen LogP) is 4.43. The summed E-state index contributed by atoms with van der Waals surface area (Å²) in [5, 5.41) is 19.9. The molecule has 0 aliphatic heterocycles. The molecule has 2 aromatic carbocycles. The minimum atomic E-state index is -1.26. The van der Waals surface area contributed by atoms with Gasteiger partial charge in [-0.3, -0.25) is 0 Å². The van der Waals surface area contributed by atoms with Crippen molar-refractivity contribution < 1.29 is 24.5 Å². The summed E-state index contributed by atoms with van der Waals surface area (Å²) in [5.74, 6) is -1.90. The molecule has 2 aromatic rings. The molecule has 2 rings (SSSR count). The van der Waals surface area contributed by atoms with Crippen LogP contribution < -0.4 is 10.1 Å². The molecule has 28 heavy (non-hydrogen) atoms. The van der Waals surface area contributed by atoms with Gasteiger partial charge >= 0.3 is 11.9 Å². The van der Waals surface area contributed by atoms with Gasteiger partial charge in [-0.05, 0) is 31.3 Å². The van der Waals surface area contributed by atoms with Gasteiger partial charge in [-0.15, -0.1) is 0 Å². The topological polar surface area (TPSA) is 95.9 Å². The fraction of sp³-hybridized carbons (Fsp3) is 0.200. The number of carboxylic acid groups (broad SMARTS) is 2. The van der Waals surface area contributed by atoms with Crippen LogP contribution in [-0.4, -0.2) is 35.7 Å². The summed E-state index contributed by atoms with van der Waals surface area (Å²) in [5.41, 5.74) is 1.12. The summed E-state index contributed by atoms with van der Waals surface area (Å²) in [6.45, 7) is 0.859. The number of rotatable bonds is 8. The number of carbonyl (C=O) groups is 2. The van der Waals surface area contributed by atoms with Crippen molar-refractivity contribution in [2.75, 3.05) is 13.6 Å². The number of halogens is 2. The molecule has 0 fully saturated rings. The van der Waals surface area contributed by atoms with Crippen LogP contribution in [0.4, 0.5) is 0 Å². The van der Waals surface area contributed by atoms with E-state index >= 15 is 0 Å². The number of carboxylic acids is 2. The van der Waals surface area contributed by atoms with E-state index in [9.17, 15) is 9.59 Å². The lowest BCUT2D eigenvalue weighted by atomic mass is 10.1. The number of aliphatic carboxylic acids is 2. The van der Waals surface area contributed by atoms with Crippen LogP contribution in [0.15, 0.2) is 60.7 Å². The molecule has 1 unspecified atom stereocenters. The molecule has 0 aliphatic rings. The lowest BCUT2D eigenvalue weighted by Gasteiger charge is -2.20. The van der Waals surface area contributed by atoms with Crippen molar-refractivity contribution in [3.05, 3.63) is 76.3 Å². The number of nitrogens with one attached hydrogen (secondary N) is 1. The molecular formula is C20H21Cl2NO5. The van der Waals surface area contributed by atoms with Gasteiger partial charge in [-0.25, -0.2) is 9.59 Å². The average molecular weight is 426 g/mol. The maximum absolute atomic E-state index is 9.55. The van der Waals surface area contributed by atoms with Crippen molar-refractivity contribution >= 4 is 35.1 Å². The fourth-order valence-corrected chi connectivity index (χ4v) is 2.42. The van der Waals surface area contributed by atoms with Gasteiger partial charge in [0.05, 0.1) is 5.02 Å². The Balaban J connectivity index is 0.000000416. The summed E-state index contributed by atoms with van der Waals surface area (Å²) < 4.78 is 6.06. The zero-order valence-electron chi connectivity index (χ0n) is 15.1. The Bertz CT molecular complexity index is 780. The van der Waals surface area contributed by atoms with E-state index in [1.54, 1.807) is 18.2 Å². The van der Waals surface area contributed by atoms with E-state index < -0.39 is 11.9 Å². The van der Waals surface area contributed by atoms with Crippen LogP contribution in [0, 0.1) is 0 Å². The molecule has 0 radical (unpaired) electrons. The van der Waals surface area contributed by atoms with Crippen LogP contribution in [0.5, 0.6) is 5.75 Å². The fourth-order valence-electron chi connectivity index (χ4n) is 2.10. The molecule has 8 heteroatoms. The zero-order valence-corrected chi connectivity index (χ0v) is 16.7. The molecule has 150 valence electrons. The van der Waals surface area contributed by atoms with Gasteiger partial charge in [-0.1, -0.05) is 53.5 Å². The first-order chi connectivity index (χ1) is 13.3. The molecule has 0 heterocycles. The Kier molecular flexibility index (Phi) is 10.7. The van der Waals surface area contributed by atoms with Crippen molar-refractivity contribution in [1.82, 2.24) is 5.32 Å². The summed E-state index contributed by atoms with van der Waals surface area (Å²) in [6, 6.07) is 15.4. The third-order valence-electron chi connectivity index (χ3n) is 3.36. The second-order valence-corrected chi connectivity index (χ2v) is 6.34. The lowest BCUT2D eigenvalue weighted by molar-refractivity contribution is -0.134. The van der Waals surface area contributed by atoms with Crippen LogP contribution in [0.3, 0.4) is 0 Å². The molecule has 0 bridgehead atoms. The molecule has 0 saturated heterocycles. The van der Waals surface area contributed by atoms with Crippen molar-refractivity contribution in [3.8, 4) is 5.75 Å². The van der Waals surface area contributed by atoms with Gasteiger partial charge < -0.3 is 20.3 Å². The number of hydrogen-bond acceptors (Lipinski definition) is 4. The van der Waals surface area contributed by atoms with Gasteiger partial charge in [0.15, 0.2) is 0 Å². The number of benzene rings is 2. The van der Waals surface area contributed by atoms with Gasteiger partial charge in [0.2, 0.25) is 0 Å². The molecule has 0 amide bonds. The van der Waals surface area contributed by atoms with Crippen LogP contribution >= 0.6 is 23.2 Å². The van der Waals surface area contributed by atoms with Gasteiger partial charge in [0.25, 0.3) is 0 Å². The smallest absolute Gasteiger partial charge is 0.328 e. The van der Waals surface area contributed by atoms with E-state index in [-0.39, 0.29) is 6.10 Å². The number of hydrogen-bond donors (Lipinski definition) is 3. The molecule has 1 atom stereocenters. The van der Waals surface area contributed by atoms with E-state index in [0.29, 0.717) is 27.9 Å². The molecule has 0 spiro atoms. The monoisotopic (exact) mass is 425 g/mol. The van der Waals surface area contributed by atoms with E-state index in [0.717, 1.165) is 18.5 Å². The van der Waals surface area contributed by atoms with Crippen LogP contribution in [-0.2, 0) is 9.59 Å². The molecule has 3 N–H and O–H groups in total. The van der Waals surface area contributed by atoms with E-state index in [4.69, 9.17) is 38.2 Å². The third kappa shape index (κ3) is 9.41. The SMILES string of the molecule is CNCCC(Oc1cc(Cl)ccc1Cl)c1ccccc1.O=C(O)C=CC(=O)O. The molecular weight excluding hydrogens is 405 g/mol. The van der Waals surface area contributed by atoms with E-state index in [1.807, 2.05) is 25.2 Å². The van der Waals surface area contributed by atoms with E-state index in [2.05, 4.69) is 17.4 Å². The highest BCUT2D eigenvalue weighted by atomic mass is 35.5. The van der Waals surface area contributed by atoms with Crippen molar-refractivity contribution in [1.29, 1.82) is 0 Å².